The monoisotopic (exact) mass is 170 g/mol. The van der Waals surface area contributed by atoms with E-state index in [0.717, 1.165) is 38.5 Å². The van der Waals surface area contributed by atoms with Crippen molar-refractivity contribution >= 4 is 0 Å². The first-order valence-electron chi connectivity index (χ1n) is 5.12. The highest BCUT2D eigenvalue weighted by Gasteiger charge is 2.34. The lowest BCUT2D eigenvalue weighted by atomic mass is 9.69. The summed E-state index contributed by atoms with van der Waals surface area (Å²) in [6.45, 7) is 0. The third-order valence-electron chi connectivity index (χ3n) is 3.56. The second-order valence-electron chi connectivity index (χ2n) is 4.45. The Bertz CT molecular complexity index is 140. The molecule has 0 aromatic heterocycles. The molecule has 2 nitrogen and oxygen atoms in total. The van der Waals surface area contributed by atoms with Gasteiger partial charge in [-0.15, -0.1) is 0 Å². The highest BCUT2D eigenvalue weighted by molar-refractivity contribution is 4.85. The molecule has 0 aliphatic heterocycles. The highest BCUT2D eigenvalue weighted by Crippen LogP contribution is 2.40. The summed E-state index contributed by atoms with van der Waals surface area (Å²) >= 11 is 0. The Morgan fingerprint density at radius 3 is 1.50 bits per heavy atom. The smallest absolute Gasteiger partial charge is 0.0543 e. The Morgan fingerprint density at radius 2 is 1.08 bits per heavy atom. The summed E-state index contributed by atoms with van der Waals surface area (Å²) < 4.78 is 0. The van der Waals surface area contributed by atoms with Gasteiger partial charge in [0.25, 0.3) is 0 Å². The molecule has 2 aliphatic rings. The van der Waals surface area contributed by atoms with Crippen LogP contribution in [0.2, 0.25) is 0 Å². The van der Waals surface area contributed by atoms with Gasteiger partial charge in [-0.25, -0.2) is 0 Å². The van der Waals surface area contributed by atoms with Crippen LogP contribution in [0.25, 0.3) is 0 Å². The molecule has 0 unspecified atom stereocenters. The van der Waals surface area contributed by atoms with Crippen LogP contribution in [0.15, 0.2) is 0 Å². The molecule has 2 aliphatic carbocycles. The average Bonchev–Trinajstić information content (AvgIpc) is 2.05. The van der Waals surface area contributed by atoms with Crippen molar-refractivity contribution in [3.63, 3.8) is 0 Å². The average molecular weight is 170 g/mol. The molecule has 0 saturated heterocycles. The summed E-state index contributed by atoms with van der Waals surface area (Å²) in [4.78, 5) is 0. The summed E-state index contributed by atoms with van der Waals surface area (Å²) in [6, 6.07) is 0. The zero-order valence-corrected chi connectivity index (χ0v) is 7.45. The number of rotatable bonds is 0. The third-order valence-corrected chi connectivity index (χ3v) is 3.56. The molecule has 0 radical (unpaired) electrons. The van der Waals surface area contributed by atoms with Crippen molar-refractivity contribution in [2.75, 3.05) is 0 Å². The minimum Gasteiger partial charge on any atom is -0.393 e. The second kappa shape index (κ2) is 3.35. The van der Waals surface area contributed by atoms with Crippen molar-refractivity contribution in [2.45, 2.75) is 50.7 Å². The Hall–Kier alpha value is -0.0800. The van der Waals surface area contributed by atoms with Gasteiger partial charge >= 0.3 is 0 Å². The summed E-state index contributed by atoms with van der Waals surface area (Å²) in [6.07, 6.45) is 6.02. The van der Waals surface area contributed by atoms with E-state index in [1.165, 1.54) is 0 Å². The fraction of sp³-hybridized carbons (Fsp3) is 1.00. The molecule has 2 heteroatoms. The minimum absolute atomic E-state index is 0.0542. The number of aliphatic hydroxyl groups is 2. The lowest BCUT2D eigenvalue weighted by Gasteiger charge is -2.39. The van der Waals surface area contributed by atoms with Crippen molar-refractivity contribution in [1.29, 1.82) is 0 Å². The van der Waals surface area contributed by atoms with Crippen molar-refractivity contribution < 1.29 is 10.2 Å². The summed E-state index contributed by atoms with van der Waals surface area (Å²) in [5.41, 5.74) is 0. The molecule has 4 atom stereocenters. The second-order valence-corrected chi connectivity index (χ2v) is 4.45. The van der Waals surface area contributed by atoms with Gasteiger partial charge in [-0.1, -0.05) is 0 Å². The maximum atomic E-state index is 9.45. The van der Waals surface area contributed by atoms with Gasteiger partial charge in [0.2, 0.25) is 0 Å². The van der Waals surface area contributed by atoms with Gasteiger partial charge in [0.05, 0.1) is 12.2 Å². The predicted molar refractivity (Wildman–Crippen MR) is 46.7 cm³/mol. The fourth-order valence-electron chi connectivity index (χ4n) is 2.84. The molecule has 0 heterocycles. The molecule has 0 aromatic carbocycles. The van der Waals surface area contributed by atoms with E-state index in [2.05, 4.69) is 0 Å². The van der Waals surface area contributed by atoms with Crippen LogP contribution >= 0.6 is 0 Å². The molecular weight excluding hydrogens is 152 g/mol. The van der Waals surface area contributed by atoms with Gasteiger partial charge in [0.15, 0.2) is 0 Å². The van der Waals surface area contributed by atoms with Gasteiger partial charge in [-0.2, -0.15) is 0 Å². The van der Waals surface area contributed by atoms with E-state index in [-0.39, 0.29) is 12.2 Å². The van der Waals surface area contributed by atoms with E-state index in [1.807, 2.05) is 0 Å². The van der Waals surface area contributed by atoms with Crippen LogP contribution in [0.1, 0.15) is 38.5 Å². The molecule has 0 bridgehead atoms. The van der Waals surface area contributed by atoms with Gasteiger partial charge in [-0.05, 0) is 50.4 Å². The molecule has 0 amide bonds. The van der Waals surface area contributed by atoms with E-state index in [4.69, 9.17) is 0 Å². The quantitative estimate of drug-likeness (QED) is 0.575. The first-order chi connectivity index (χ1) is 5.75. The molecular formula is C10H18O2. The van der Waals surface area contributed by atoms with Gasteiger partial charge < -0.3 is 10.2 Å². The van der Waals surface area contributed by atoms with Crippen LogP contribution in [-0.2, 0) is 0 Å². The van der Waals surface area contributed by atoms with E-state index in [0.29, 0.717) is 11.8 Å². The first kappa shape index (κ1) is 8.52. The lowest BCUT2D eigenvalue weighted by molar-refractivity contribution is 0.00480. The van der Waals surface area contributed by atoms with Crippen LogP contribution < -0.4 is 0 Å². The van der Waals surface area contributed by atoms with Crippen LogP contribution in [-0.4, -0.2) is 22.4 Å². The third kappa shape index (κ3) is 1.64. The molecule has 0 aromatic rings. The molecule has 70 valence electrons. The van der Waals surface area contributed by atoms with E-state index < -0.39 is 0 Å². The largest absolute Gasteiger partial charge is 0.393 e. The fourth-order valence-corrected chi connectivity index (χ4v) is 2.84. The number of fused-ring (bicyclic) bond motifs is 1. The standard InChI is InChI=1S/C10H18O2/c11-9-3-1-7-5-10(12)4-2-8(7)6-9/h7-12H,1-6H2/t7-,8+,9-,10-/m1/s1. The summed E-state index contributed by atoms with van der Waals surface area (Å²) in [7, 11) is 0. The van der Waals surface area contributed by atoms with Gasteiger partial charge in [-0.3, -0.25) is 0 Å². The van der Waals surface area contributed by atoms with Crippen LogP contribution in [0.4, 0.5) is 0 Å². The minimum atomic E-state index is -0.0542. The molecule has 0 spiro atoms. The molecule has 12 heavy (non-hydrogen) atoms. The van der Waals surface area contributed by atoms with Crippen molar-refractivity contribution in [3.05, 3.63) is 0 Å². The van der Waals surface area contributed by atoms with Crippen LogP contribution in [0, 0.1) is 11.8 Å². The van der Waals surface area contributed by atoms with Crippen LogP contribution in [0.5, 0.6) is 0 Å². The van der Waals surface area contributed by atoms with Crippen LogP contribution in [0.3, 0.4) is 0 Å². The van der Waals surface area contributed by atoms with Gasteiger partial charge in [0.1, 0.15) is 0 Å². The molecule has 2 saturated carbocycles. The predicted octanol–water partition coefficient (Wildman–Crippen LogP) is 1.31. The number of aliphatic hydroxyl groups excluding tert-OH is 2. The Labute approximate surface area is 73.6 Å². The Morgan fingerprint density at radius 1 is 0.667 bits per heavy atom. The molecule has 2 rings (SSSR count). The zero-order valence-electron chi connectivity index (χ0n) is 7.45. The summed E-state index contributed by atoms with van der Waals surface area (Å²) in [5, 5.41) is 18.9. The Kier molecular flexibility index (Phi) is 2.37. The van der Waals surface area contributed by atoms with E-state index >= 15 is 0 Å². The van der Waals surface area contributed by atoms with Gasteiger partial charge in [0, 0.05) is 0 Å². The van der Waals surface area contributed by atoms with E-state index in [1.54, 1.807) is 0 Å². The molecule has 2 fully saturated rings. The Balaban J connectivity index is 1.94. The van der Waals surface area contributed by atoms with E-state index in [9.17, 15) is 10.2 Å². The maximum Gasteiger partial charge on any atom is 0.0543 e. The van der Waals surface area contributed by atoms with Crippen molar-refractivity contribution in [1.82, 2.24) is 0 Å². The highest BCUT2D eigenvalue weighted by atomic mass is 16.3. The topological polar surface area (TPSA) is 40.5 Å². The first-order valence-corrected chi connectivity index (χ1v) is 5.12. The SMILES string of the molecule is O[C@@H]1CC[C@H]2C[C@H](O)CC[C@@H]2C1. The zero-order chi connectivity index (χ0) is 8.55. The maximum absolute atomic E-state index is 9.45. The summed E-state index contributed by atoms with van der Waals surface area (Å²) in [5.74, 6) is 1.41. The normalized spacial score (nSPS) is 48.5. The lowest BCUT2D eigenvalue weighted by Crippen LogP contribution is -2.34. The number of hydrogen-bond donors (Lipinski definition) is 2. The molecule has 2 N–H and O–H groups in total. The van der Waals surface area contributed by atoms with Crippen molar-refractivity contribution in [2.24, 2.45) is 11.8 Å². The number of hydrogen-bond acceptors (Lipinski definition) is 2. The van der Waals surface area contributed by atoms with Crippen molar-refractivity contribution in [3.8, 4) is 0 Å².